The Kier molecular flexibility index (Phi) is 4.49. The third-order valence-electron chi connectivity index (χ3n) is 5.07. The first-order chi connectivity index (χ1) is 13.6. The highest BCUT2D eigenvalue weighted by Crippen LogP contribution is 2.38. The number of alkyl halides is 3. The maximum atomic E-state index is 13.1. The highest BCUT2D eigenvalue weighted by atomic mass is 32.2. The predicted octanol–water partition coefficient (Wildman–Crippen LogP) is 3.65. The van der Waals surface area contributed by atoms with Gasteiger partial charge in [-0.25, -0.2) is 8.42 Å². The van der Waals surface area contributed by atoms with Gasteiger partial charge in [-0.15, -0.1) is 0 Å². The van der Waals surface area contributed by atoms with Crippen LogP contribution in [0.2, 0.25) is 0 Å². The van der Waals surface area contributed by atoms with Gasteiger partial charge in [-0.1, -0.05) is 0 Å². The van der Waals surface area contributed by atoms with Crippen molar-refractivity contribution in [1.29, 1.82) is 0 Å². The van der Waals surface area contributed by atoms with Crippen molar-refractivity contribution in [2.75, 3.05) is 11.9 Å². The van der Waals surface area contributed by atoms with E-state index in [1.807, 2.05) is 0 Å². The Bertz CT molecular complexity index is 1260. The Hall–Kier alpha value is -2.75. The zero-order valence-corrected chi connectivity index (χ0v) is 16.2. The van der Waals surface area contributed by atoms with Crippen molar-refractivity contribution in [3.63, 3.8) is 0 Å². The number of rotatable bonds is 5. The van der Waals surface area contributed by atoms with Gasteiger partial charge < -0.3 is 14.9 Å². The molecule has 2 N–H and O–H groups in total. The third-order valence-corrected chi connectivity index (χ3v) is 6.55. The Morgan fingerprint density at radius 3 is 2.59 bits per heavy atom. The molecule has 0 saturated heterocycles. The molecule has 2 aromatic heterocycles. The molecule has 0 spiro atoms. The quantitative estimate of drug-likeness (QED) is 0.654. The van der Waals surface area contributed by atoms with Gasteiger partial charge in [0.25, 0.3) is 15.4 Å². The number of hydrogen-bond acceptors (Lipinski definition) is 4. The molecule has 3 aromatic rings. The average Bonchev–Trinajstić information content (AvgIpc) is 3.36. The van der Waals surface area contributed by atoms with E-state index >= 15 is 0 Å². The van der Waals surface area contributed by atoms with Gasteiger partial charge in [0.2, 0.25) is 0 Å². The molecule has 1 aromatic carbocycles. The molecular weight excluding hydrogens is 407 g/mol. The number of aromatic nitrogens is 2. The molecule has 1 saturated carbocycles. The fourth-order valence-corrected chi connectivity index (χ4v) is 4.05. The number of aromatic amines is 1. The van der Waals surface area contributed by atoms with Gasteiger partial charge in [0.05, 0.1) is 4.90 Å². The predicted molar refractivity (Wildman–Crippen MR) is 103 cm³/mol. The lowest BCUT2D eigenvalue weighted by Gasteiger charge is -2.16. The van der Waals surface area contributed by atoms with Crippen molar-refractivity contribution in [1.82, 2.24) is 9.55 Å². The molecule has 0 amide bonds. The number of benzene rings is 1. The van der Waals surface area contributed by atoms with Crippen LogP contribution >= 0.6 is 0 Å². The SMILES string of the molecule is Cn1cc(-c2cc(S(=O)(=O)C(F)(F)F)ccc2NCC2CC2)c2cc[nH]c2c1=O. The first-order valence-corrected chi connectivity index (χ1v) is 10.4. The topological polar surface area (TPSA) is 84.0 Å². The van der Waals surface area contributed by atoms with E-state index in [2.05, 4.69) is 10.3 Å². The molecule has 2 heterocycles. The molecule has 154 valence electrons. The highest BCUT2D eigenvalue weighted by Gasteiger charge is 2.47. The van der Waals surface area contributed by atoms with Crippen LogP contribution in [0.15, 0.2) is 46.3 Å². The van der Waals surface area contributed by atoms with E-state index in [0.717, 1.165) is 25.0 Å². The summed E-state index contributed by atoms with van der Waals surface area (Å²) in [5.41, 5.74) is -4.14. The Labute approximate surface area is 164 Å². The zero-order chi connectivity index (χ0) is 21.0. The summed E-state index contributed by atoms with van der Waals surface area (Å²) in [5, 5.41) is 3.71. The molecule has 4 rings (SSSR count). The van der Waals surface area contributed by atoms with Gasteiger partial charge >= 0.3 is 5.51 Å². The van der Waals surface area contributed by atoms with Crippen LogP contribution < -0.4 is 10.9 Å². The highest BCUT2D eigenvalue weighted by molar-refractivity contribution is 7.92. The summed E-state index contributed by atoms with van der Waals surface area (Å²) in [6.07, 6.45) is 5.21. The lowest BCUT2D eigenvalue weighted by molar-refractivity contribution is -0.0435. The monoisotopic (exact) mass is 425 g/mol. The number of nitrogens with zero attached hydrogens (tertiary/aromatic N) is 1. The van der Waals surface area contributed by atoms with Gasteiger partial charge in [0.1, 0.15) is 5.52 Å². The second-order valence-electron chi connectivity index (χ2n) is 7.21. The van der Waals surface area contributed by atoms with Crippen molar-refractivity contribution < 1.29 is 21.6 Å². The van der Waals surface area contributed by atoms with Crippen LogP contribution in [0.1, 0.15) is 12.8 Å². The maximum absolute atomic E-state index is 13.1. The van der Waals surface area contributed by atoms with E-state index in [1.54, 1.807) is 12.3 Å². The van der Waals surface area contributed by atoms with Crippen LogP contribution in [0.4, 0.5) is 18.9 Å². The molecule has 1 fully saturated rings. The Morgan fingerprint density at radius 1 is 1.21 bits per heavy atom. The molecule has 1 aliphatic carbocycles. The fraction of sp³-hybridized carbons (Fsp3) is 0.316. The third kappa shape index (κ3) is 3.41. The summed E-state index contributed by atoms with van der Waals surface area (Å²) < 4.78 is 64.5. The number of sulfone groups is 1. The van der Waals surface area contributed by atoms with E-state index in [-0.39, 0.29) is 11.1 Å². The summed E-state index contributed by atoms with van der Waals surface area (Å²) in [6, 6.07) is 4.96. The Morgan fingerprint density at radius 2 is 1.93 bits per heavy atom. The second-order valence-corrected chi connectivity index (χ2v) is 9.15. The number of pyridine rings is 1. The molecule has 0 bridgehead atoms. The van der Waals surface area contributed by atoms with Gasteiger partial charge in [0.15, 0.2) is 0 Å². The second kappa shape index (κ2) is 6.65. The molecule has 10 heteroatoms. The van der Waals surface area contributed by atoms with Crippen LogP contribution in [0.5, 0.6) is 0 Å². The summed E-state index contributed by atoms with van der Waals surface area (Å²) in [6.45, 7) is 0.639. The van der Waals surface area contributed by atoms with Crippen LogP contribution in [-0.2, 0) is 16.9 Å². The largest absolute Gasteiger partial charge is 0.501 e. The first-order valence-electron chi connectivity index (χ1n) is 8.96. The van der Waals surface area contributed by atoms with Crippen molar-refractivity contribution in [2.24, 2.45) is 13.0 Å². The van der Waals surface area contributed by atoms with Gasteiger partial charge in [-0.2, -0.15) is 13.2 Å². The molecule has 6 nitrogen and oxygen atoms in total. The standard InChI is InChI=1S/C19H18F3N3O3S/c1-25-10-15(13-6-7-23-17(13)18(25)26)14-8-12(29(27,28)19(20,21)22)4-5-16(14)24-9-11-2-3-11/h4-8,10-11,23-24H,2-3,9H2,1H3. The smallest absolute Gasteiger partial charge is 0.384 e. The molecule has 0 aliphatic heterocycles. The van der Waals surface area contributed by atoms with Gasteiger partial charge in [0, 0.05) is 48.2 Å². The minimum Gasteiger partial charge on any atom is -0.384 e. The average molecular weight is 425 g/mol. The summed E-state index contributed by atoms with van der Waals surface area (Å²) >= 11 is 0. The van der Waals surface area contributed by atoms with E-state index in [9.17, 15) is 26.4 Å². The molecule has 0 unspecified atom stereocenters. The molecule has 1 aliphatic rings. The summed E-state index contributed by atoms with van der Waals surface area (Å²) in [4.78, 5) is 14.3. The number of H-pyrrole nitrogens is 1. The minimum absolute atomic E-state index is 0.288. The number of nitrogens with one attached hydrogen (secondary N) is 2. The van der Waals surface area contributed by atoms with E-state index in [4.69, 9.17) is 0 Å². The van der Waals surface area contributed by atoms with Crippen molar-refractivity contribution in [3.05, 3.63) is 47.0 Å². The van der Waals surface area contributed by atoms with Gasteiger partial charge in [-0.3, -0.25) is 4.79 Å². The minimum atomic E-state index is -5.50. The number of aryl methyl sites for hydroxylation is 1. The molecular formula is C19H18F3N3O3S. The van der Waals surface area contributed by atoms with E-state index < -0.39 is 20.2 Å². The van der Waals surface area contributed by atoms with Gasteiger partial charge in [-0.05, 0) is 43.0 Å². The van der Waals surface area contributed by atoms with Crippen molar-refractivity contribution in [2.45, 2.75) is 23.2 Å². The number of hydrogen-bond donors (Lipinski definition) is 2. The van der Waals surface area contributed by atoms with Crippen LogP contribution in [0.25, 0.3) is 22.0 Å². The van der Waals surface area contributed by atoms with Crippen molar-refractivity contribution >= 4 is 26.4 Å². The lowest BCUT2D eigenvalue weighted by atomic mass is 10.0. The van der Waals surface area contributed by atoms with Crippen LogP contribution in [0, 0.1) is 5.92 Å². The molecule has 0 radical (unpaired) electrons. The molecule has 0 atom stereocenters. The number of fused-ring (bicyclic) bond motifs is 1. The first kappa shape index (κ1) is 19.6. The van der Waals surface area contributed by atoms with Crippen LogP contribution in [0.3, 0.4) is 0 Å². The molecule has 29 heavy (non-hydrogen) atoms. The van der Waals surface area contributed by atoms with E-state index in [1.165, 1.54) is 23.9 Å². The Balaban J connectivity index is 1.94. The fourth-order valence-electron chi connectivity index (χ4n) is 3.26. The number of halogens is 3. The summed E-state index contributed by atoms with van der Waals surface area (Å²) in [5.74, 6) is 0.494. The lowest BCUT2D eigenvalue weighted by Crippen LogP contribution is -2.23. The zero-order valence-electron chi connectivity index (χ0n) is 15.4. The number of anilines is 1. The maximum Gasteiger partial charge on any atom is 0.501 e. The van der Waals surface area contributed by atoms with Crippen LogP contribution in [-0.4, -0.2) is 30.0 Å². The van der Waals surface area contributed by atoms with E-state index in [0.29, 0.717) is 34.6 Å². The van der Waals surface area contributed by atoms with Crippen molar-refractivity contribution in [3.8, 4) is 11.1 Å². The normalized spacial score (nSPS) is 15.0. The summed E-state index contributed by atoms with van der Waals surface area (Å²) in [7, 11) is -3.98.